The van der Waals surface area contributed by atoms with Crippen molar-refractivity contribution in [2.75, 3.05) is 4.90 Å². The molecule has 0 amide bonds. The molecule has 0 bridgehead atoms. The molecule has 7 aromatic carbocycles. The highest BCUT2D eigenvalue weighted by molar-refractivity contribution is 6.00. The lowest BCUT2D eigenvalue weighted by molar-refractivity contribution is 0.444. The minimum absolute atomic E-state index is 0.0236. The van der Waals surface area contributed by atoms with E-state index in [0.29, 0.717) is 5.92 Å². The summed E-state index contributed by atoms with van der Waals surface area (Å²) in [6.07, 6.45) is 6.43. The van der Waals surface area contributed by atoms with Crippen LogP contribution < -0.4 is 4.90 Å². The number of rotatable bonds is 6. The summed E-state index contributed by atoms with van der Waals surface area (Å²) in [5.74, 6) is 0.548. The summed E-state index contributed by atoms with van der Waals surface area (Å²) < 4.78 is 0. The molecule has 0 radical (unpaired) electrons. The van der Waals surface area contributed by atoms with Gasteiger partial charge in [0.2, 0.25) is 0 Å². The summed E-state index contributed by atoms with van der Waals surface area (Å²) >= 11 is 0. The maximum atomic E-state index is 2.63. The van der Waals surface area contributed by atoms with Crippen LogP contribution in [0.4, 0.5) is 17.1 Å². The molecule has 0 spiro atoms. The first-order valence-electron chi connectivity index (χ1n) is 20.1. The van der Waals surface area contributed by atoms with Gasteiger partial charge in [0.1, 0.15) is 0 Å². The van der Waals surface area contributed by atoms with Crippen molar-refractivity contribution in [3.05, 3.63) is 174 Å². The molecule has 0 heterocycles. The van der Waals surface area contributed by atoms with Gasteiger partial charge < -0.3 is 4.90 Å². The van der Waals surface area contributed by atoms with Crippen molar-refractivity contribution in [1.29, 1.82) is 0 Å². The smallest absolute Gasteiger partial charge is 0.0546 e. The average molecular weight is 702 g/mol. The fourth-order valence-electron chi connectivity index (χ4n) is 9.63. The highest BCUT2D eigenvalue weighted by Crippen LogP contribution is 2.55. The highest BCUT2D eigenvalue weighted by atomic mass is 15.1. The van der Waals surface area contributed by atoms with Gasteiger partial charge in [0.25, 0.3) is 0 Å². The summed E-state index contributed by atoms with van der Waals surface area (Å²) in [5.41, 5.74) is 17.0. The molecular formula is C53H51N. The van der Waals surface area contributed by atoms with Crippen LogP contribution in [0.5, 0.6) is 0 Å². The molecule has 0 aliphatic heterocycles. The van der Waals surface area contributed by atoms with E-state index in [-0.39, 0.29) is 10.8 Å². The van der Waals surface area contributed by atoms with E-state index in [1.165, 1.54) is 116 Å². The first-order chi connectivity index (χ1) is 26.2. The van der Waals surface area contributed by atoms with Crippen LogP contribution in [0, 0.1) is 0 Å². The molecular weight excluding hydrogens is 651 g/mol. The van der Waals surface area contributed by atoms with Crippen molar-refractivity contribution >= 4 is 27.8 Å². The fraction of sp³-hybridized carbons (Fsp3) is 0.245. The van der Waals surface area contributed by atoms with Gasteiger partial charge in [-0.15, -0.1) is 0 Å². The summed E-state index contributed by atoms with van der Waals surface area (Å²) in [7, 11) is 0. The van der Waals surface area contributed by atoms with Crippen LogP contribution in [0.3, 0.4) is 0 Å². The summed E-state index contributed by atoms with van der Waals surface area (Å²) in [4.78, 5) is 2.63. The Morgan fingerprint density at radius 2 is 1.19 bits per heavy atom. The Kier molecular flexibility index (Phi) is 8.57. The second-order valence-electron chi connectivity index (χ2n) is 17.2. The molecule has 1 fully saturated rings. The third-order valence-electron chi connectivity index (χ3n) is 12.4. The summed E-state index contributed by atoms with van der Waals surface area (Å²) in [6.45, 7) is 11.8. The first-order valence-corrected chi connectivity index (χ1v) is 20.1. The van der Waals surface area contributed by atoms with Gasteiger partial charge in [-0.3, -0.25) is 0 Å². The second kappa shape index (κ2) is 13.5. The topological polar surface area (TPSA) is 3.24 Å². The maximum Gasteiger partial charge on any atom is 0.0546 e. The number of hydrogen-bond donors (Lipinski definition) is 0. The fourth-order valence-corrected chi connectivity index (χ4v) is 9.63. The van der Waals surface area contributed by atoms with Crippen LogP contribution >= 0.6 is 0 Å². The molecule has 268 valence electrons. The van der Waals surface area contributed by atoms with Gasteiger partial charge in [-0.2, -0.15) is 0 Å². The number of fused-ring (bicyclic) bond motifs is 4. The number of anilines is 3. The molecule has 0 atom stereocenters. The zero-order valence-corrected chi connectivity index (χ0v) is 32.5. The Morgan fingerprint density at radius 3 is 1.96 bits per heavy atom. The number of benzene rings is 7. The molecule has 2 aliphatic carbocycles. The van der Waals surface area contributed by atoms with Gasteiger partial charge in [-0.25, -0.2) is 0 Å². The summed E-state index contributed by atoms with van der Waals surface area (Å²) in [5, 5.41) is 2.52. The third kappa shape index (κ3) is 5.86. The van der Waals surface area contributed by atoms with Crippen molar-refractivity contribution in [3.8, 4) is 33.4 Å². The zero-order chi connectivity index (χ0) is 37.0. The molecule has 9 rings (SSSR count). The van der Waals surface area contributed by atoms with Crippen molar-refractivity contribution in [2.24, 2.45) is 0 Å². The lowest BCUT2D eigenvalue weighted by Gasteiger charge is -2.34. The predicted molar refractivity (Wildman–Crippen MR) is 232 cm³/mol. The lowest BCUT2D eigenvalue weighted by Crippen LogP contribution is -2.19. The van der Waals surface area contributed by atoms with Crippen molar-refractivity contribution in [1.82, 2.24) is 0 Å². The van der Waals surface area contributed by atoms with Gasteiger partial charge in [-0.05, 0) is 115 Å². The van der Waals surface area contributed by atoms with Crippen LogP contribution in [0.1, 0.15) is 94.9 Å². The predicted octanol–water partition coefficient (Wildman–Crippen LogP) is 15.3. The van der Waals surface area contributed by atoms with Crippen LogP contribution in [0.25, 0.3) is 44.2 Å². The molecule has 0 saturated heterocycles. The van der Waals surface area contributed by atoms with E-state index < -0.39 is 0 Å². The Labute approximate surface area is 322 Å². The van der Waals surface area contributed by atoms with E-state index in [1.807, 2.05) is 0 Å². The number of hydrogen-bond acceptors (Lipinski definition) is 1. The Bertz CT molecular complexity index is 2490. The Morgan fingerprint density at radius 1 is 0.519 bits per heavy atom. The van der Waals surface area contributed by atoms with Gasteiger partial charge in [0.15, 0.2) is 0 Å². The molecule has 54 heavy (non-hydrogen) atoms. The van der Waals surface area contributed by atoms with Crippen molar-refractivity contribution < 1.29 is 0 Å². The maximum absolute atomic E-state index is 2.63. The molecule has 0 N–H and O–H groups in total. The molecule has 2 aliphatic rings. The average Bonchev–Trinajstić information content (AvgIpc) is 3.44. The third-order valence-corrected chi connectivity index (χ3v) is 12.4. The van der Waals surface area contributed by atoms with Crippen LogP contribution in [0.15, 0.2) is 152 Å². The van der Waals surface area contributed by atoms with E-state index in [1.54, 1.807) is 0 Å². The molecule has 1 heteroatoms. The minimum atomic E-state index is -0.162. The number of para-hydroxylation sites is 1. The lowest BCUT2D eigenvalue weighted by atomic mass is 9.80. The van der Waals surface area contributed by atoms with Gasteiger partial charge in [-0.1, -0.05) is 175 Å². The van der Waals surface area contributed by atoms with Gasteiger partial charge >= 0.3 is 0 Å². The second-order valence-corrected chi connectivity index (χ2v) is 17.2. The Balaban J connectivity index is 1.33. The SMILES string of the molecule is CC(C)(C)c1ccccc1-c1cc2ccccc2cc1N(c1ccc2c(c1)C(C)(C)c1cccc(-c3ccccc3)c1-2)c1ccccc1C1CCCCC1. The van der Waals surface area contributed by atoms with Crippen LogP contribution in [-0.4, -0.2) is 0 Å². The summed E-state index contributed by atoms with van der Waals surface area (Å²) in [6, 6.07) is 57.3. The van der Waals surface area contributed by atoms with E-state index in [2.05, 4.69) is 191 Å². The quantitative estimate of drug-likeness (QED) is 0.167. The van der Waals surface area contributed by atoms with Crippen molar-refractivity contribution in [3.63, 3.8) is 0 Å². The van der Waals surface area contributed by atoms with Crippen molar-refractivity contribution in [2.45, 2.75) is 83.5 Å². The highest BCUT2D eigenvalue weighted by Gasteiger charge is 2.38. The molecule has 0 aromatic heterocycles. The molecule has 0 unspecified atom stereocenters. The van der Waals surface area contributed by atoms with E-state index >= 15 is 0 Å². The molecule has 7 aromatic rings. The monoisotopic (exact) mass is 701 g/mol. The van der Waals surface area contributed by atoms with Crippen LogP contribution in [-0.2, 0) is 10.8 Å². The normalized spacial score (nSPS) is 15.2. The number of nitrogens with zero attached hydrogens (tertiary/aromatic N) is 1. The zero-order valence-electron chi connectivity index (χ0n) is 32.5. The minimum Gasteiger partial charge on any atom is -0.310 e. The van der Waals surface area contributed by atoms with Gasteiger partial charge in [0, 0.05) is 22.4 Å². The standard InChI is InChI=1S/C53H51N/c1-52(2,3)46-28-16-14-26-43(46)45-33-38-23-12-13-24-39(38)34-50(45)54(49-30-17-15-25-41(49)36-19-8-6-9-20-36)40-31-32-44-48(35-40)53(4,5)47-29-18-27-42(51(44)47)37-21-10-7-11-22-37/h7,10-18,21-36H,6,8-9,19-20H2,1-5H3. The first kappa shape index (κ1) is 34.4. The van der Waals surface area contributed by atoms with E-state index in [0.717, 1.165) is 0 Å². The van der Waals surface area contributed by atoms with Gasteiger partial charge in [0.05, 0.1) is 5.69 Å². The van der Waals surface area contributed by atoms with Crippen LogP contribution in [0.2, 0.25) is 0 Å². The molecule has 1 saturated carbocycles. The van der Waals surface area contributed by atoms with E-state index in [9.17, 15) is 0 Å². The largest absolute Gasteiger partial charge is 0.310 e. The molecule has 1 nitrogen and oxygen atoms in total. The van der Waals surface area contributed by atoms with E-state index in [4.69, 9.17) is 0 Å². The Hall–Kier alpha value is -5.40.